The molecule has 1 aromatic heterocycles. The van der Waals surface area contributed by atoms with Gasteiger partial charge in [0.15, 0.2) is 0 Å². The summed E-state index contributed by atoms with van der Waals surface area (Å²) < 4.78 is 38.1. The zero-order chi connectivity index (χ0) is 22.4. The number of aromatic nitrogens is 1. The standard InChI is InChI=1S/C21H19ClN2O6S/c1-29-21(26)15-6-9-18(24-31(27,28)17-3-2-10-23-12-17)20(11-15)30-13-19(25)14-4-7-16(22)8-5-14/h2-12,19,24-25H,13H2,1H3. The Morgan fingerprint density at radius 3 is 2.58 bits per heavy atom. The molecule has 10 heteroatoms. The highest BCUT2D eigenvalue weighted by Gasteiger charge is 2.19. The van der Waals surface area contributed by atoms with Crippen molar-refractivity contribution in [3.8, 4) is 5.75 Å². The fourth-order valence-electron chi connectivity index (χ4n) is 2.63. The van der Waals surface area contributed by atoms with Crippen molar-refractivity contribution >= 4 is 33.3 Å². The number of anilines is 1. The van der Waals surface area contributed by atoms with Crippen LogP contribution in [0.5, 0.6) is 5.75 Å². The Labute approximate surface area is 184 Å². The van der Waals surface area contributed by atoms with E-state index in [1.165, 1.54) is 49.8 Å². The molecule has 0 saturated carbocycles. The Morgan fingerprint density at radius 1 is 1.19 bits per heavy atom. The number of rotatable bonds is 8. The van der Waals surface area contributed by atoms with Gasteiger partial charge in [0.05, 0.1) is 18.4 Å². The van der Waals surface area contributed by atoms with Crippen LogP contribution in [0, 0.1) is 0 Å². The molecule has 0 amide bonds. The molecule has 0 spiro atoms. The van der Waals surface area contributed by atoms with Crippen molar-refractivity contribution in [3.63, 3.8) is 0 Å². The molecular weight excluding hydrogens is 444 g/mol. The predicted octanol–water partition coefficient (Wildman–Crippen LogP) is 3.43. The van der Waals surface area contributed by atoms with E-state index in [9.17, 15) is 18.3 Å². The number of halogens is 1. The van der Waals surface area contributed by atoms with E-state index in [4.69, 9.17) is 21.1 Å². The molecule has 0 aliphatic carbocycles. The molecule has 3 rings (SSSR count). The lowest BCUT2D eigenvalue weighted by atomic mass is 10.1. The number of nitrogens with one attached hydrogen (secondary N) is 1. The molecule has 2 N–H and O–H groups in total. The lowest BCUT2D eigenvalue weighted by Crippen LogP contribution is -2.16. The summed E-state index contributed by atoms with van der Waals surface area (Å²) in [6.07, 6.45) is 1.65. The quantitative estimate of drug-likeness (QED) is 0.493. The van der Waals surface area contributed by atoms with Crippen LogP contribution in [-0.4, -0.2) is 38.2 Å². The van der Waals surface area contributed by atoms with Gasteiger partial charge in [0.25, 0.3) is 10.0 Å². The first-order valence-electron chi connectivity index (χ1n) is 9.01. The lowest BCUT2D eigenvalue weighted by Gasteiger charge is -2.17. The summed E-state index contributed by atoms with van der Waals surface area (Å²) in [6, 6.07) is 13.6. The van der Waals surface area contributed by atoms with Crippen LogP contribution in [0.15, 0.2) is 71.9 Å². The second-order valence-electron chi connectivity index (χ2n) is 6.38. The minimum Gasteiger partial charge on any atom is -0.488 e. The third kappa shape index (κ3) is 5.72. The van der Waals surface area contributed by atoms with Crippen molar-refractivity contribution in [1.29, 1.82) is 0 Å². The summed E-state index contributed by atoms with van der Waals surface area (Å²) in [6.45, 7) is -0.201. The number of pyridine rings is 1. The van der Waals surface area contributed by atoms with Gasteiger partial charge in [-0.3, -0.25) is 9.71 Å². The third-order valence-corrected chi connectivity index (χ3v) is 5.85. The topological polar surface area (TPSA) is 115 Å². The maximum atomic E-state index is 12.7. The molecule has 0 aliphatic heterocycles. The molecule has 3 aromatic rings. The number of methoxy groups -OCH3 is 1. The van der Waals surface area contributed by atoms with Gasteiger partial charge in [0.2, 0.25) is 0 Å². The van der Waals surface area contributed by atoms with Crippen molar-refractivity contribution in [3.05, 3.63) is 83.1 Å². The fraction of sp³-hybridized carbons (Fsp3) is 0.143. The van der Waals surface area contributed by atoms with E-state index in [-0.39, 0.29) is 28.5 Å². The SMILES string of the molecule is COC(=O)c1ccc(NS(=O)(=O)c2cccnc2)c(OCC(O)c2ccc(Cl)cc2)c1. The number of sulfonamides is 1. The van der Waals surface area contributed by atoms with Gasteiger partial charge in [-0.05, 0) is 48.0 Å². The summed E-state index contributed by atoms with van der Waals surface area (Å²) in [7, 11) is -2.73. The van der Waals surface area contributed by atoms with Crippen LogP contribution < -0.4 is 9.46 Å². The monoisotopic (exact) mass is 462 g/mol. The van der Waals surface area contributed by atoms with Crippen LogP contribution in [0.4, 0.5) is 5.69 Å². The number of carbonyl (C=O) groups excluding carboxylic acids is 1. The van der Waals surface area contributed by atoms with Crippen molar-refractivity contribution in [1.82, 2.24) is 4.98 Å². The van der Waals surface area contributed by atoms with E-state index < -0.39 is 22.1 Å². The number of esters is 1. The fourth-order valence-corrected chi connectivity index (χ4v) is 3.79. The first kappa shape index (κ1) is 22.5. The molecule has 0 fully saturated rings. The molecule has 1 heterocycles. The first-order valence-corrected chi connectivity index (χ1v) is 10.9. The molecular formula is C21H19ClN2O6S. The summed E-state index contributed by atoms with van der Waals surface area (Å²) in [5, 5.41) is 10.9. The summed E-state index contributed by atoms with van der Waals surface area (Å²) in [5.74, 6) is -0.576. The molecule has 31 heavy (non-hydrogen) atoms. The number of ether oxygens (including phenoxy) is 2. The largest absolute Gasteiger partial charge is 0.488 e. The van der Waals surface area contributed by atoms with Crippen LogP contribution in [0.2, 0.25) is 5.02 Å². The normalized spacial score (nSPS) is 12.1. The van der Waals surface area contributed by atoms with E-state index in [0.29, 0.717) is 10.6 Å². The highest BCUT2D eigenvalue weighted by Crippen LogP contribution is 2.30. The number of aliphatic hydroxyl groups excluding tert-OH is 1. The smallest absolute Gasteiger partial charge is 0.337 e. The molecule has 162 valence electrons. The zero-order valence-electron chi connectivity index (χ0n) is 16.4. The van der Waals surface area contributed by atoms with Crippen LogP contribution >= 0.6 is 11.6 Å². The van der Waals surface area contributed by atoms with Gasteiger partial charge >= 0.3 is 5.97 Å². The third-order valence-electron chi connectivity index (χ3n) is 4.24. The van der Waals surface area contributed by atoms with Gasteiger partial charge in [-0.2, -0.15) is 0 Å². The number of hydrogen-bond donors (Lipinski definition) is 2. The number of aliphatic hydroxyl groups is 1. The van der Waals surface area contributed by atoms with E-state index in [1.807, 2.05) is 0 Å². The second-order valence-corrected chi connectivity index (χ2v) is 8.49. The van der Waals surface area contributed by atoms with Gasteiger partial charge in [0.1, 0.15) is 23.4 Å². The summed E-state index contributed by atoms with van der Waals surface area (Å²) in [5.41, 5.74) is 0.800. The average Bonchev–Trinajstić information content (AvgIpc) is 2.78. The minimum absolute atomic E-state index is 0.0424. The van der Waals surface area contributed by atoms with Crippen molar-refractivity contribution < 1.29 is 27.8 Å². The molecule has 1 atom stereocenters. The first-order chi connectivity index (χ1) is 14.8. The van der Waals surface area contributed by atoms with Crippen LogP contribution in [-0.2, 0) is 14.8 Å². The maximum Gasteiger partial charge on any atom is 0.337 e. The van der Waals surface area contributed by atoms with Gasteiger partial charge in [-0.15, -0.1) is 0 Å². The highest BCUT2D eigenvalue weighted by molar-refractivity contribution is 7.92. The molecule has 0 saturated heterocycles. The second kappa shape index (κ2) is 9.78. The summed E-state index contributed by atoms with van der Waals surface area (Å²) >= 11 is 5.86. The molecule has 0 aliphatic rings. The predicted molar refractivity (Wildman–Crippen MR) is 115 cm³/mol. The Hall–Kier alpha value is -3.14. The molecule has 0 radical (unpaired) electrons. The number of carbonyl (C=O) groups is 1. The molecule has 2 aromatic carbocycles. The summed E-state index contributed by atoms with van der Waals surface area (Å²) in [4.78, 5) is 15.7. The van der Waals surface area contributed by atoms with Gasteiger partial charge in [0, 0.05) is 17.4 Å². The van der Waals surface area contributed by atoms with Crippen molar-refractivity contribution in [2.24, 2.45) is 0 Å². The van der Waals surface area contributed by atoms with E-state index >= 15 is 0 Å². The van der Waals surface area contributed by atoms with Gasteiger partial charge in [-0.1, -0.05) is 23.7 Å². The van der Waals surface area contributed by atoms with Gasteiger partial charge < -0.3 is 14.6 Å². The van der Waals surface area contributed by atoms with Crippen LogP contribution in [0.1, 0.15) is 22.0 Å². The number of benzene rings is 2. The van der Waals surface area contributed by atoms with Crippen LogP contribution in [0.25, 0.3) is 0 Å². The average molecular weight is 463 g/mol. The zero-order valence-corrected chi connectivity index (χ0v) is 17.9. The molecule has 8 nitrogen and oxygen atoms in total. The van der Waals surface area contributed by atoms with Crippen molar-refractivity contribution in [2.45, 2.75) is 11.0 Å². The number of hydrogen-bond acceptors (Lipinski definition) is 7. The highest BCUT2D eigenvalue weighted by atomic mass is 35.5. The Balaban J connectivity index is 1.87. The van der Waals surface area contributed by atoms with Gasteiger partial charge in [-0.25, -0.2) is 13.2 Å². The lowest BCUT2D eigenvalue weighted by molar-refractivity contribution is 0.0600. The van der Waals surface area contributed by atoms with Crippen LogP contribution in [0.3, 0.4) is 0 Å². The Kier molecular flexibility index (Phi) is 7.11. The number of nitrogens with zero attached hydrogens (tertiary/aromatic N) is 1. The van der Waals surface area contributed by atoms with E-state index in [2.05, 4.69) is 9.71 Å². The maximum absolute atomic E-state index is 12.7. The van der Waals surface area contributed by atoms with E-state index in [0.717, 1.165) is 0 Å². The Bertz CT molecular complexity index is 1150. The Morgan fingerprint density at radius 2 is 1.94 bits per heavy atom. The molecule has 0 bridgehead atoms. The minimum atomic E-state index is -3.96. The van der Waals surface area contributed by atoms with Crippen molar-refractivity contribution in [2.75, 3.05) is 18.4 Å². The van der Waals surface area contributed by atoms with E-state index in [1.54, 1.807) is 24.3 Å². The molecule has 1 unspecified atom stereocenters.